The summed E-state index contributed by atoms with van der Waals surface area (Å²) in [6.45, 7) is 2.82. The highest BCUT2D eigenvalue weighted by atomic mass is 35.6. The molecule has 1 aliphatic heterocycles. The van der Waals surface area contributed by atoms with Crippen LogP contribution in [0.4, 0.5) is 0 Å². The third-order valence-corrected chi connectivity index (χ3v) is 3.86. The summed E-state index contributed by atoms with van der Waals surface area (Å²) in [5.41, 5.74) is 8.89. The van der Waals surface area contributed by atoms with Crippen molar-refractivity contribution in [1.82, 2.24) is 0 Å². The first kappa shape index (κ1) is 25.1. The Hall–Kier alpha value is -1.98. The van der Waals surface area contributed by atoms with Gasteiger partial charge in [-0.25, -0.2) is 0 Å². The summed E-state index contributed by atoms with van der Waals surface area (Å²) >= 11 is 16.7. The van der Waals surface area contributed by atoms with Gasteiger partial charge in [0.1, 0.15) is 18.8 Å². The molecule has 5 atom stereocenters. The SMILES string of the molecule is CC(=O)OCC1O[C@H](OC(=N)C(Cl)(Cl)Cl)C(N=[N+]=[N-])[C@H](OC(C)=O)[C@@H]1OC(C)=O. The molecule has 0 saturated carbocycles. The topological polar surface area (TPSA) is 170 Å². The fraction of sp³-hybridized carbons (Fsp3) is 0.714. The number of halogens is 3. The van der Waals surface area contributed by atoms with Crippen LogP contribution in [0.1, 0.15) is 20.8 Å². The minimum Gasteiger partial charge on any atom is -0.463 e. The van der Waals surface area contributed by atoms with E-state index in [1.165, 1.54) is 0 Å². The van der Waals surface area contributed by atoms with Crippen molar-refractivity contribution in [1.29, 1.82) is 5.41 Å². The van der Waals surface area contributed by atoms with Gasteiger partial charge in [-0.15, -0.1) is 0 Å². The second kappa shape index (κ2) is 10.7. The van der Waals surface area contributed by atoms with Crippen molar-refractivity contribution in [2.45, 2.75) is 55.2 Å². The van der Waals surface area contributed by atoms with E-state index in [9.17, 15) is 14.4 Å². The van der Waals surface area contributed by atoms with E-state index in [-0.39, 0.29) is 0 Å². The van der Waals surface area contributed by atoms with Crippen molar-refractivity contribution >= 4 is 58.6 Å². The summed E-state index contributed by atoms with van der Waals surface area (Å²) in [4.78, 5) is 36.9. The highest BCUT2D eigenvalue weighted by Gasteiger charge is 2.52. The maximum Gasteiger partial charge on any atom is 0.303 e. The summed E-state index contributed by atoms with van der Waals surface area (Å²) in [5.74, 6) is -3.16. The molecule has 1 aliphatic rings. The van der Waals surface area contributed by atoms with E-state index in [4.69, 9.17) is 69.4 Å². The lowest BCUT2D eigenvalue weighted by atomic mass is 9.97. The van der Waals surface area contributed by atoms with E-state index in [1.807, 2.05) is 0 Å². The summed E-state index contributed by atoms with van der Waals surface area (Å²) in [5, 5.41) is 11.1. The summed E-state index contributed by atoms with van der Waals surface area (Å²) < 4.78 is 23.6. The molecule has 15 heteroatoms. The number of ether oxygens (including phenoxy) is 5. The normalized spacial score (nSPS) is 26.5. The van der Waals surface area contributed by atoms with Crippen molar-refractivity contribution in [2.75, 3.05) is 6.61 Å². The number of carbonyl (C=O) groups excluding carboxylic acids is 3. The molecule has 0 aliphatic carbocycles. The number of alkyl halides is 3. The predicted octanol–water partition coefficient (Wildman–Crippen LogP) is 2.18. The number of hydrogen-bond acceptors (Lipinski definition) is 10. The van der Waals surface area contributed by atoms with Crippen LogP contribution >= 0.6 is 34.8 Å². The molecule has 0 radical (unpaired) electrons. The van der Waals surface area contributed by atoms with Crippen LogP contribution in [0.3, 0.4) is 0 Å². The van der Waals surface area contributed by atoms with Gasteiger partial charge in [-0.1, -0.05) is 39.9 Å². The second-order valence-corrected chi connectivity index (χ2v) is 7.92. The molecule has 1 fully saturated rings. The predicted molar refractivity (Wildman–Crippen MR) is 98.4 cm³/mol. The van der Waals surface area contributed by atoms with Crippen molar-refractivity contribution in [3.63, 3.8) is 0 Å². The van der Waals surface area contributed by atoms with Gasteiger partial charge in [-0.3, -0.25) is 19.8 Å². The number of hydrogen-bond donors (Lipinski definition) is 1. The van der Waals surface area contributed by atoms with Crippen molar-refractivity contribution in [3.05, 3.63) is 10.4 Å². The summed E-state index contributed by atoms with van der Waals surface area (Å²) in [6.07, 6.45) is -5.60. The van der Waals surface area contributed by atoms with E-state index < -0.39 is 64.8 Å². The fourth-order valence-corrected chi connectivity index (χ4v) is 2.48. The van der Waals surface area contributed by atoms with Crippen LogP contribution in [0.25, 0.3) is 10.4 Å². The molecule has 0 aromatic carbocycles. The molecule has 1 N–H and O–H groups in total. The second-order valence-electron chi connectivity index (χ2n) is 5.63. The van der Waals surface area contributed by atoms with E-state index in [1.54, 1.807) is 0 Å². The van der Waals surface area contributed by atoms with Crippen LogP contribution in [0.15, 0.2) is 5.11 Å². The highest BCUT2D eigenvalue weighted by molar-refractivity contribution is 6.76. The maximum absolute atomic E-state index is 11.6. The molecule has 0 amide bonds. The summed E-state index contributed by atoms with van der Waals surface area (Å²) in [6, 6.07) is -1.45. The van der Waals surface area contributed by atoms with Gasteiger partial charge in [0.25, 0.3) is 3.79 Å². The molecule has 0 aromatic heterocycles. The van der Waals surface area contributed by atoms with Gasteiger partial charge >= 0.3 is 17.9 Å². The smallest absolute Gasteiger partial charge is 0.303 e. The van der Waals surface area contributed by atoms with Crippen molar-refractivity contribution in [3.8, 4) is 0 Å². The molecule has 0 spiro atoms. The van der Waals surface area contributed by atoms with Crippen LogP contribution in [0, 0.1) is 5.41 Å². The molecular weight excluding hydrogens is 459 g/mol. The zero-order chi connectivity index (χ0) is 22.4. The zero-order valence-corrected chi connectivity index (χ0v) is 17.6. The number of rotatable bonds is 6. The summed E-state index contributed by atoms with van der Waals surface area (Å²) in [7, 11) is 0. The van der Waals surface area contributed by atoms with Gasteiger partial charge in [-0.2, -0.15) is 0 Å². The Morgan fingerprint density at radius 1 is 1.07 bits per heavy atom. The van der Waals surface area contributed by atoms with E-state index in [0.29, 0.717) is 0 Å². The minimum absolute atomic E-state index is 0.449. The Kier molecular flexibility index (Phi) is 9.24. The third kappa shape index (κ3) is 7.75. The largest absolute Gasteiger partial charge is 0.463 e. The van der Waals surface area contributed by atoms with E-state index in [2.05, 4.69) is 10.0 Å². The van der Waals surface area contributed by atoms with Crippen LogP contribution in [0.5, 0.6) is 0 Å². The van der Waals surface area contributed by atoms with Crippen molar-refractivity contribution in [2.24, 2.45) is 5.11 Å². The first-order valence-corrected chi connectivity index (χ1v) is 9.00. The van der Waals surface area contributed by atoms with Crippen molar-refractivity contribution < 1.29 is 38.1 Å². The molecule has 1 heterocycles. The molecule has 12 nitrogen and oxygen atoms in total. The van der Waals surface area contributed by atoms with Crippen LogP contribution < -0.4 is 0 Å². The first-order valence-electron chi connectivity index (χ1n) is 7.86. The Morgan fingerprint density at radius 3 is 2.07 bits per heavy atom. The molecule has 29 heavy (non-hydrogen) atoms. The molecular formula is C14H17Cl3N4O8. The molecule has 1 saturated heterocycles. The number of carbonyl (C=O) groups is 3. The van der Waals surface area contributed by atoms with E-state index >= 15 is 0 Å². The molecule has 0 bridgehead atoms. The lowest BCUT2D eigenvalue weighted by Gasteiger charge is -2.43. The van der Waals surface area contributed by atoms with Gasteiger partial charge < -0.3 is 23.7 Å². The molecule has 0 aromatic rings. The van der Waals surface area contributed by atoms with Crippen LogP contribution in [0.2, 0.25) is 0 Å². The molecule has 162 valence electrons. The van der Waals surface area contributed by atoms with Gasteiger partial charge in [0.15, 0.2) is 12.2 Å². The minimum atomic E-state index is -2.28. The average Bonchev–Trinajstić information content (AvgIpc) is 2.56. The Labute approximate surface area is 179 Å². The fourth-order valence-electron chi connectivity index (χ4n) is 2.35. The van der Waals surface area contributed by atoms with Crippen LogP contribution in [-0.2, 0) is 38.1 Å². The van der Waals surface area contributed by atoms with Gasteiger partial charge in [0.2, 0.25) is 12.2 Å². The standard InChI is InChI=1S/C14H17Cl3N4O8/c1-5(22)25-4-8-10(26-6(2)23)11(27-7(3)24)9(20-21-19)12(28-8)29-13(18)14(15,16)17/h8-12,18H,4H2,1-3H3/t8?,9?,10-,11+,12-/m1/s1. The van der Waals surface area contributed by atoms with Crippen LogP contribution in [-0.4, -0.2) is 64.8 Å². The quantitative estimate of drug-likeness (QED) is 0.0890. The Bertz CT molecular complexity index is 709. The molecule has 2 unspecified atom stereocenters. The first-order chi connectivity index (χ1) is 13.4. The van der Waals surface area contributed by atoms with Gasteiger partial charge in [0.05, 0.1) is 0 Å². The number of azide groups is 1. The number of esters is 3. The highest BCUT2D eigenvalue weighted by Crippen LogP contribution is 2.33. The third-order valence-electron chi connectivity index (χ3n) is 3.35. The van der Waals surface area contributed by atoms with E-state index in [0.717, 1.165) is 20.8 Å². The lowest BCUT2D eigenvalue weighted by molar-refractivity contribution is -0.256. The zero-order valence-electron chi connectivity index (χ0n) is 15.3. The average molecular weight is 476 g/mol. The Balaban J connectivity index is 3.35. The lowest BCUT2D eigenvalue weighted by Crippen LogP contribution is -2.61. The maximum atomic E-state index is 11.6. The Morgan fingerprint density at radius 2 is 1.62 bits per heavy atom. The van der Waals surface area contributed by atoms with Gasteiger partial charge in [0, 0.05) is 25.7 Å². The number of nitrogens with one attached hydrogen (secondary N) is 1. The monoisotopic (exact) mass is 474 g/mol. The number of nitrogens with zero attached hydrogens (tertiary/aromatic N) is 3. The molecule has 1 rings (SSSR count). The van der Waals surface area contributed by atoms with Gasteiger partial charge in [-0.05, 0) is 5.53 Å².